The van der Waals surface area contributed by atoms with E-state index in [0.29, 0.717) is 32.6 Å². The molecule has 0 bridgehead atoms. The molecule has 0 aliphatic heterocycles. The topological polar surface area (TPSA) is 55.6 Å². The maximum atomic E-state index is 12.5. The van der Waals surface area contributed by atoms with Crippen molar-refractivity contribution in [3.8, 4) is 0 Å². The van der Waals surface area contributed by atoms with Crippen LogP contribution in [-0.2, 0) is 9.53 Å². The van der Waals surface area contributed by atoms with E-state index in [1.54, 1.807) is 0 Å². The van der Waals surface area contributed by atoms with Gasteiger partial charge in [-0.1, -0.05) is 6.92 Å². The Labute approximate surface area is 118 Å². The Morgan fingerprint density at radius 3 is 2.55 bits per heavy atom. The van der Waals surface area contributed by atoms with E-state index in [1.807, 2.05) is 13.8 Å². The van der Waals surface area contributed by atoms with Crippen LogP contribution < -0.4 is 5.73 Å². The molecule has 0 aromatic carbocycles. The number of carbonyl (C=O) groups is 1. The van der Waals surface area contributed by atoms with E-state index in [0.717, 1.165) is 4.90 Å². The fourth-order valence-corrected chi connectivity index (χ4v) is 1.66. The minimum Gasteiger partial charge on any atom is -0.382 e. The molecule has 4 nitrogen and oxygen atoms in total. The molecule has 0 saturated carbocycles. The number of hydrogen-bond donors (Lipinski definition) is 1. The first kappa shape index (κ1) is 19.2. The molecule has 0 spiro atoms. The molecule has 120 valence electrons. The fraction of sp³-hybridized carbons (Fsp3) is 0.923. The lowest BCUT2D eigenvalue weighted by molar-refractivity contribution is -0.161. The van der Waals surface area contributed by atoms with Crippen molar-refractivity contribution in [3.63, 3.8) is 0 Å². The summed E-state index contributed by atoms with van der Waals surface area (Å²) in [5, 5.41) is 0. The number of nitrogens with two attached hydrogens (primary N) is 1. The van der Waals surface area contributed by atoms with Gasteiger partial charge in [0, 0.05) is 26.2 Å². The third kappa shape index (κ3) is 10.0. The summed E-state index contributed by atoms with van der Waals surface area (Å²) in [6, 6.07) is 0. The third-order valence-corrected chi connectivity index (χ3v) is 2.90. The van der Waals surface area contributed by atoms with Crippen molar-refractivity contribution < 1.29 is 22.7 Å². The molecule has 0 aromatic heterocycles. The first-order chi connectivity index (χ1) is 9.30. The zero-order valence-corrected chi connectivity index (χ0v) is 12.2. The fourth-order valence-electron chi connectivity index (χ4n) is 1.66. The molecule has 20 heavy (non-hydrogen) atoms. The van der Waals surface area contributed by atoms with Gasteiger partial charge in [-0.3, -0.25) is 4.79 Å². The van der Waals surface area contributed by atoms with Crippen LogP contribution in [0.3, 0.4) is 0 Å². The maximum Gasteiger partial charge on any atom is 0.406 e. The molecule has 0 radical (unpaired) electrons. The predicted octanol–water partition coefficient (Wildman–Crippen LogP) is 2.18. The molecule has 0 aliphatic rings. The number of nitrogens with zero attached hydrogens (tertiary/aromatic N) is 1. The molecule has 0 saturated heterocycles. The van der Waals surface area contributed by atoms with Crippen LogP contribution in [0.1, 0.15) is 33.1 Å². The number of hydrogen-bond acceptors (Lipinski definition) is 3. The van der Waals surface area contributed by atoms with Crippen molar-refractivity contribution in [1.29, 1.82) is 0 Å². The van der Waals surface area contributed by atoms with Crippen LogP contribution in [0.15, 0.2) is 0 Å². The molecule has 0 rings (SSSR count). The molecule has 7 heteroatoms. The van der Waals surface area contributed by atoms with Gasteiger partial charge in [-0.25, -0.2) is 0 Å². The molecule has 0 aromatic rings. The lowest BCUT2D eigenvalue weighted by Gasteiger charge is -2.24. The van der Waals surface area contributed by atoms with Crippen molar-refractivity contribution in [3.05, 3.63) is 0 Å². The summed E-state index contributed by atoms with van der Waals surface area (Å²) < 4.78 is 42.5. The van der Waals surface area contributed by atoms with E-state index in [2.05, 4.69) is 0 Å². The first-order valence-electron chi connectivity index (χ1n) is 6.92. The minimum atomic E-state index is -4.37. The lowest BCUT2D eigenvalue weighted by Crippen LogP contribution is -2.40. The average molecular weight is 298 g/mol. The molecule has 1 atom stereocenters. The number of amides is 1. The summed E-state index contributed by atoms with van der Waals surface area (Å²) in [7, 11) is 0. The van der Waals surface area contributed by atoms with Crippen molar-refractivity contribution in [2.45, 2.75) is 39.3 Å². The van der Waals surface area contributed by atoms with Gasteiger partial charge < -0.3 is 15.4 Å². The van der Waals surface area contributed by atoms with E-state index < -0.39 is 18.6 Å². The third-order valence-electron chi connectivity index (χ3n) is 2.90. The summed E-state index contributed by atoms with van der Waals surface area (Å²) in [6.07, 6.45) is -3.36. The minimum absolute atomic E-state index is 0.0648. The van der Waals surface area contributed by atoms with Crippen LogP contribution in [-0.4, -0.2) is 49.8 Å². The van der Waals surface area contributed by atoms with Gasteiger partial charge in [0.1, 0.15) is 6.54 Å². The number of ether oxygens (including phenoxy) is 1. The highest BCUT2D eigenvalue weighted by Crippen LogP contribution is 2.18. The van der Waals surface area contributed by atoms with Crippen molar-refractivity contribution in [1.82, 2.24) is 4.90 Å². The summed E-state index contributed by atoms with van der Waals surface area (Å²) in [5.41, 5.74) is 5.43. The van der Waals surface area contributed by atoms with Crippen molar-refractivity contribution >= 4 is 5.91 Å². The largest absolute Gasteiger partial charge is 0.406 e. The van der Waals surface area contributed by atoms with Crippen LogP contribution in [0.4, 0.5) is 13.2 Å². The molecule has 1 unspecified atom stereocenters. The number of rotatable bonds is 10. The van der Waals surface area contributed by atoms with Crippen LogP contribution in [0.5, 0.6) is 0 Å². The molecule has 2 N–H and O–H groups in total. The maximum absolute atomic E-state index is 12.5. The van der Waals surface area contributed by atoms with E-state index in [4.69, 9.17) is 10.5 Å². The van der Waals surface area contributed by atoms with Crippen LogP contribution in [0, 0.1) is 5.92 Å². The van der Waals surface area contributed by atoms with E-state index in [9.17, 15) is 18.0 Å². The zero-order valence-electron chi connectivity index (χ0n) is 12.2. The highest BCUT2D eigenvalue weighted by molar-refractivity contribution is 5.76. The monoisotopic (exact) mass is 298 g/mol. The van der Waals surface area contributed by atoms with Gasteiger partial charge in [-0.05, 0) is 32.2 Å². The van der Waals surface area contributed by atoms with Gasteiger partial charge in [0.25, 0.3) is 0 Å². The smallest absolute Gasteiger partial charge is 0.382 e. The first-order valence-corrected chi connectivity index (χ1v) is 6.92. The van der Waals surface area contributed by atoms with E-state index in [1.165, 1.54) is 0 Å². The van der Waals surface area contributed by atoms with Gasteiger partial charge >= 0.3 is 6.18 Å². The number of halogens is 3. The molecule has 0 heterocycles. The quantitative estimate of drug-likeness (QED) is 0.629. The van der Waals surface area contributed by atoms with Gasteiger partial charge in [0.05, 0.1) is 0 Å². The van der Waals surface area contributed by atoms with Gasteiger partial charge in [0.15, 0.2) is 0 Å². The van der Waals surface area contributed by atoms with Crippen LogP contribution >= 0.6 is 0 Å². The van der Waals surface area contributed by atoms with Gasteiger partial charge in [-0.15, -0.1) is 0 Å². The normalized spacial score (nSPS) is 13.3. The molecule has 0 fully saturated rings. The van der Waals surface area contributed by atoms with Crippen LogP contribution in [0.2, 0.25) is 0 Å². The van der Waals surface area contributed by atoms with E-state index >= 15 is 0 Å². The van der Waals surface area contributed by atoms with Crippen molar-refractivity contribution in [2.75, 3.05) is 32.8 Å². The van der Waals surface area contributed by atoms with Crippen molar-refractivity contribution in [2.24, 2.45) is 11.7 Å². The Bertz CT molecular complexity index is 273. The second-order valence-electron chi connectivity index (χ2n) is 4.86. The summed E-state index contributed by atoms with van der Waals surface area (Å²) in [4.78, 5) is 12.7. The summed E-state index contributed by atoms with van der Waals surface area (Å²) in [6.45, 7) is 3.85. The summed E-state index contributed by atoms with van der Waals surface area (Å²) in [5.74, 6) is -0.339. The van der Waals surface area contributed by atoms with E-state index in [-0.39, 0.29) is 18.9 Å². The summed E-state index contributed by atoms with van der Waals surface area (Å²) >= 11 is 0. The number of carbonyl (C=O) groups excluding carboxylic acids is 1. The Hall–Kier alpha value is -0.820. The van der Waals surface area contributed by atoms with Gasteiger partial charge in [0.2, 0.25) is 5.91 Å². The predicted molar refractivity (Wildman–Crippen MR) is 71.2 cm³/mol. The molecular formula is C13H25F3N2O2. The number of alkyl halides is 3. The highest BCUT2D eigenvalue weighted by atomic mass is 19.4. The van der Waals surface area contributed by atoms with Gasteiger partial charge in [-0.2, -0.15) is 13.2 Å². The SMILES string of the molecule is CCOCCCN(CC(F)(F)F)C(=O)CCC(C)CN. The zero-order chi connectivity index (χ0) is 15.6. The Morgan fingerprint density at radius 2 is 2.05 bits per heavy atom. The molecular weight excluding hydrogens is 273 g/mol. The Balaban J connectivity index is 4.31. The Morgan fingerprint density at radius 1 is 1.40 bits per heavy atom. The standard InChI is InChI=1S/C13H25F3N2O2/c1-3-20-8-4-7-18(10-13(14,15)16)12(19)6-5-11(2)9-17/h11H,3-10,17H2,1-2H3. The average Bonchev–Trinajstić information content (AvgIpc) is 2.37. The van der Waals surface area contributed by atoms with Crippen LogP contribution in [0.25, 0.3) is 0 Å². The lowest BCUT2D eigenvalue weighted by atomic mass is 10.1. The highest BCUT2D eigenvalue weighted by Gasteiger charge is 2.32. The Kier molecular flexibility index (Phi) is 9.58. The molecule has 1 amide bonds. The molecule has 0 aliphatic carbocycles. The second kappa shape index (κ2) is 9.99. The second-order valence-corrected chi connectivity index (χ2v) is 4.86.